The van der Waals surface area contributed by atoms with Crippen molar-refractivity contribution in [3.63, 3.8) is 0 Å². The molecular formula is C31H38N4O3. The highest BCUT2D eigenvalue weighted by atomic mass is 16.2. The molecule has 7 heteroatoms. The maximum Gasteiger partial charge on any atom is 0.254 e. The molecule has 3 aromatic rings. The molecule has 38 heavy (non-hydrogen) atoms. The van der Waals surface area contributed by atoms with Gasteiger partial charge in [0, 0.05) is 23.6 Å². The predicted molar refractivity (Wildman–Crippen MR) is 153 cm³/mol. The molecule has 0 saturated heterocycles. The van der Waals surface area contributed by atoms with Gasteiger partial charge in [-0.2, -0.15) is 0 Å². The van der Waals surface area contributed by atoms with Crippen molar-refractivity contribution >= 4 is 23.3 Å². The third-order valence-corrected chi connectivity index (χ3v) is 6.07. The molecule has 6 N–H and O–H groups in total. The lowest BCUT2D eigenvalue weighted by Crippen LogP contribution is -2.46. The normalized spacial score (nSPS) is 12.2. The highest BCUT2D eigenvalue weighted by Crippen LogP contribution is 2.31. The number of carbonyl (C=O) groups excluding carboxylic acids is 3. The number of nitrogen functional groups attached to an aromatic ring is 1. The van der Waals surface area contributed by atoms with Crippen molar-refractivity contribution in [2.75, 3.05) is 5.73 Å². The van der Waals surface area contributed by atoms with Gasteiger partial charge in [0.1, 0.15) is 0 Å². The minimum absolute atomic E-state index is 0.0621. The number of nitrogens with one attached hydrogen (secondary N) is 2. The maximum absolute atomic E-state index is 13.9. The number of hydrogen-bond acceptors (Lipinski definition) is 5. The SMILES string of the molecule is CC(C)NC(=O)c1c(-c2ccccc2)ccc(C(=O)C(CCc2ccccc2)NC(=O)CC(C)(C)N)c1N. The summed E-state index contributed by atoms with van der Waals surface area (Å²) >= 11 is 0. The molecule has 0 aliphatic carbocycles. The molecule has 1 unspecified atom stereocenters. The number of benzene rings is 3. The van der Waals surface area contributed by atoms with Gasteiger partial charge in [-0.3, -0.25) is 14.4 Å². The summed E-state index contributed by atoms with van der Waals surface area (Å²) < 4.78 is 0. The Morgan fingerprint density at radius 3 is 2.05 bits per heavy atom. The Hall–Kier alpha value is -3.97. The van der Waals surface area contributed by atoms with Crippen LogP contribution in [0.3, 0.4) is 0 Å². The smallest absolute Gasteiger partial charge is 0.254 e. The van der Waals surface area contributed by atoms with E-state index in [1.807, 2.05) is 74.5 Å². The van der Waals surface area contributed by atoms with Crippen molar-refractivity contribution in [3.05, 3.63) is 89.5 Å². The third-order valence-electron chi connectivity index (χ3n) is 6.07. The van der Waals surface area contributed by atoms with Crippen molar-refractivity contribution in [1.29, 1.82) is 0 Å². The standard InChI is InChI=1S/C31H38N4O3/c1-20(2)34-30(38)27-23(22-13-9-6-10-14-22)16-17-24(28(27)32)29(37)25(35-26(36)19-31(3,4)33)18-15-21-11-7-5-8-12-21/h5-14,16-17,20,25H,15,18-19,32-33H2,1-4H3,(H,34,38)(H,35,36). The Bertz CT molecular complexity index is 1270. The van der Waals surface area contributed by atoms with Crippen molar-refractivity contribution < 1.29 is 14.4 Å². The lowest BCUT2D eigenvalue weighted by Gasteiger charge is -2.23. The minimum Gasteiger partial charge on any atom is -0.397 e. The largest absolute Gasteiger partial charge is 0.397 e. The highest BCUT2D eigenvalue weighted by Gasteiger charge is 2.29. The van der Waals surface area contributed by atoms with Gasteiger partial charge in [-0.25, -0.2) is 0 Å². The average Bonchev–Trinajstić information content (AvgIpc) is 2.85. The zero-order valence-electron chi connectivity index (χ0n) is 22.6. The maximum atomic E-state index is 13.9. The van der Waals surface area contributed by atoms with E-state index in [1.54, 1.807) is 26.0 Å². The fourth-order valence-corrected chi connectivity index (χ4v) is 4.34. The molecule has 0 spiro atoms. The van der Waals surface area contributed by atoms with Gasteiger partial charge < -0.3 is 22.1 Å². The number of aryl methyl sites for hydroxylation is 1. The van der Waals surface area contributed by atoms with Gasteiger partial charge in [0.2, 0.25) is 5.91 Å². The fourth-order valence-electron chi connectivity index (χ4n) is 4.34. The molecule has 0 aromatic heterocycles. The van der Waals surface area contributed by atoms with Crippen LogP contribution in [0, 0.1) is 0 Å². The Morgan fingerprint density at radius 1 is 0.868 bits per heavy atom. The number of anilines is 1. The first-order chi connectivity index (χ1) is 18.0. The average molecular weight is 515 g/mol. The van der Waals surface area contributed by atoms with E-state index in [2.05, 4.69) is 10.6 Å². The Kier molecular flexibility index (Phi) is 9.42. The van der Waals surface area contributed by atoms with Crippen molar-refractivity contribution in [2.45, 2.75) is 64.6 Å². The van der Waals surface area contributed by atoms with E-state index in [9.17, 15) is 14.4 Å². The van der Waals surface area contributed by atoms with Crippen molar-refractivity contribution in [3.8, 4) is 11.1 Å². The van der Waals surface area contributed by atoms with E-state index in [-0.39, 0.29) is 46.9 Å². The zero-order chi connectivity index (χ0) is 27.9. The van der Waals surface area contributed by atoms with E-state index in [0.717, 1.165) is 11.1 Å². The van der Waals surface area contributed by atoms with E-state index in [1.165, 1.54) is 0 Å². The number of hydrogen-bond donors (Lipinski definition) is 4. The van der Waals surface area contributed by atoms with E-state index in [4.69, 9.17) is 11.5 Å². The summed E-state index contributed by atoms with van der Waals surface area (Å²) in [5.74, 6) is -1.03. The van der Waals surface area contributed by atoms with Crippen LogP contribution in [0.2, 0.25) is 0 Å². The quantitative estimate of drug-likeness (QED) is 0.221. The molecule has 3 aromatic carbocycles. The van der Waals surface area contributed by atoms with E-state index >= 15 is 0 Å². The molecule has 0 saturated carbocycles. The second kappa shape index (κ2) is 12.5. The van der Waals surface area contributed by atoms with Crippen molar-refractivity contribution in [1.82, 2.24) is 10.6 Å². The first-order valence-corrected chi connectivity index (χ1v) is 12.9. The summed E-state index contributed by atoms with van der Waals surface area (Å²) in [5, 5.41) is 5.77. The van der Waals surface area contributed by atoms with Gasteiger partial charge in [0.15, 0.2) is 5.78 Å². The monoisotopic (exact) mass is 514 g/mol. The molecule has 0 aliphatic rings. The van der Waals surface area contributed by atoms with Gasteiger partial charge in [-0.1, -0.05) is 66.7 Å². The topological polar surface area (TPSA) is 127 Å². The summed E-state index contributed by atoms with van der Waals surface area (Å²) in [6.45, 7) is 7.24. The molecule has 1 atom stereocenters. The summed E-state index contributed by atoms with van der Waals surface area (Å²) in [6.07, 6.45) is 1.01. The van der Waals surface area contributed by atoms with Gasteiger partial charge in [0.25, 0.3) is 5.91 Å². The Labute approximate surface area is 225 Å². The summed E-state index contributed by atoms with van der Waals surface area (Å²) in [5.41, 5.74) is 14.9. The molecule has 0 heterocycles. The minimum atomic E-state index is -0.837. The van der Waals surface area contributed by atoms with E-state index < -0.39 is 11.6 Å². The summed E-state index contributed by atoms with van der Waals surface area (Å²) in [7, 11) is 0. The first-order valence-electron chi connectivity index (χ1n) is 12.9. The van der Waals surface area contributed by atoms with Crippen LogP contribution in [0.5, 0.6) is 0 Å². The highest BCUT2D eigenvalue weighted by molar-refractivity contribution is 6.13. The number of carbonyl (C=O) groups is 3. The number of rotatable bonds is 11. The van der Waals surface area contributed by atoms with Gasteiger partial charge in [0.05, 0.1) is 17.3 Å². The molecule has 0 fully saturated rings. The number of Topliss-reactive ketones (excluding diaryl/α,β-unsaturated/α-hetero) is 1. The summed E-state index contributed by atoms with van der Waals surface area (Å²) in [6, 6.07) is 21.6. The number of nitrogens with two attached hydrogens (primary N) is 2. The van der Waals surface area contributed by atoms with Crippen LogP contribution in [-0.2, 0) is 11.2 Å². The fraction of sp³-hybridized carbons (Fsp3) is 0.323. The molecule has 3 rings (SSSR count). The number of amides is 2. The molecule has 7 nitrogen and oxygen atoms in total. The third kappa shape index (κ3) is 7.76. The van der Waals surface area contributed by atoms with Crippen LogP contribution in [0.25, 0.3) is 11.1 Å². The van der Waals surface area contributed by atoms with Gasteiger partial charge in [-0.15, -0.1) is 0 Å². The molecular weight excluding hydrogens is 476 g/mol. The zero-order valence-corrected chi connectivity index (χ0v) is 22.6. The second-order valence-corrected chi connectivity index (χ2v) is 10.6. The number of ketones is 1. The van der Waals surface area contributed by atoms with Crippen LogP contribution in [-0.4, -0.2) is 35.2 Å². The Morgan fingerprint density at radius 2 is 1.47 bits per heavy atom. The van der Waals surface area contributed by atoms with Gasteiger partial charge in [-0.05, 0) is 63.3 Å². The lowest BCUT2D eigenvalue weighted by atomic mass is 9.90. The van der Waals surface area contributed by atoms with E-state index in [0.29, 0.717) is 18.4 Å². The predicted octanol–water partition coefficient (Wildman–Crippen LogP) is 4.50. The lowest BCUT2D eigenvalue weighted by molar-refractivity contribution is -0.122. The molecule has 2 amide bonds. The van der Waals surface area contributed by atoms with Crippen LogP contribution in [0.4, 0.5) is 5.69 Å². The Balaban J connectivity index is 2.01. The molecule has 200 valence electrons. The van der Waals surface area contributed by atoms with Crippen LogP contribution >= 0.6 is 0 Å². The molecule has 0 radical (unpaired) electrons. The van der Waals surface area contributed by atoms with Crippen LogP contribution in [0.15, 0.2) is 72.8 Å². The van der Waals surface area contributed by atoms with Crippen LogP contribution < -0.4 is 22.1 Å². The van der Waals surface area contributed by atoms with Crippen molar-refractivity contribution in [2.24, 2.45) is 5.73 Å². The summed E-state index contributed by atoms with van der Waals surface area (Å²) in [4.78, 5) is 39.9. The van der Waals surface area contributed by atoms with Gasteiger partial charge >= 0.3 is 0 Å². The molecule has 0 bridgehead atoms. The molecule has 0 aliphatic heterocycles. The first kappa shape index (κ1) is 28.6. The second-order valence-electron chi connectivity index (χ2n) is 10.6. The van der Waals surface area contributed by atoms with Crippen LogP contribution in [0.1, 0.15) is 66.8 Å².